The third-order valence-corrected chi connectivity index (χ3v) is 7.71. The third-order valence-electron chi connectivity index (χ3n) is 7.71. The Morgan fingerprint density at radius 1 is 1.15 bits per heavy atom. The summed E-state index contributed by atoms with van der Waals surface area (Å²) in [5.74, 6) is 1.76. The van der Waals surface area contributed by atoms with Gasteiger partial charge in [0.2, 0.25) is 0 Å². The van der Waals surface area contributed by atoms with Crippen LogP contribution < -0.4 is 19.5 Å². The molecule has 1 heterocycles. The molecule has 0 radical (unpaired) electrons. The van der Waals surface area contributed by atoms with Crippen LogP contribution in [0.5, 0.6) is 23.0 Å². The van der Waals surface area contributed by atoms with Crippen LogP contribution >= 0.6 is 0 Å². The number of methoxy groups -OCH3 is 1. The van der Waals surface area contributed by atoms with Crippen molar-refractivity contribution in [1.82, 2.24) is 5.32 Å². The molecule has 0 spiro atoms. The van der Waals surface area contributed by atoms with Gasteiger partial charge in [0.15, 0.2) is 17.3 Å². The molecule has 0 aromatic heterocycles. The summed E-state index contributed by atoms with van der Waals surface area (Å²) in [5, 5.41) is 13.8. The van der Waals surface area contributed by atoms with E-state index in [1.807, 2.05) is 26.8 Å². The first-order valence-corrected chi connectivity index (χ1v) is 12.7. The Morgan fingerprint density at radius 2 is 1.85 bits per heavy atom. The lowest BCUT2D eigenvalue weighted by Gasteiger charge is -2.30. The lowest BCUT2D eigenvalue weighted by Crippen LogP contribution is -2.47. The van der Waals surface area contributed by atoms with E-state index in [2.05, 4.69) is 17.2 Å². The molecular weight excluding hydrogens is 514 g/mol. The van der Waals surface area contributed by atoms with E-state index in [9.17, 15) is 24.3 Å². The molecule has 2 atom stereocenters. The summed E-state index contributed by atoms with van der Waals surface area (Å²) in [6.45, 7) is 10.6. The van der Waals surface area contributed by atoms with Gasteiger partial charge in [0.25, 0.3) is 5.91 Å². The van der Waals surface area contributed by atoms with Crippen LogP contribution in [0.1, 0.15) is 58.9 Å². The number of amides is 1. The van der Waals surface area contributed by atoms with Crippen molar-refractivity contribution in [2.75, 3.05) is 13.7 Å². The first kappa shape index (κ1) is 28.4. The number of aryl methyl sites for hydroxylation is 1. The number of phenols is 1. The van der Waals surface area contributed by atoms with Gasteiger partial charge in [-0.1, -0.05) is 5.92 Å². The number of carbonyl (C=O) groups excluding carboxylic acids is 4. The number of phenolic OH excluding ortho intramolecular Hbond substituents is 1. The van der Waals surface area contributed by atoms with E-state index in [1.54, 1.807) is 6.92 Å². The van der Waals surface area contributed by atoms with Gasteiger partial charge in [-0.2, -0.15) is 0 Å². The highest BCUT2D eigenvalue weighted by Gasteiger charge is 2.58. The van der Waals surface area contributed by atoms with E-state index < -0.39 is 34.6 Å². The van der Waals surface area contributed by atoms with Crippen molar-refractivity contribution in [2.45, 2.75) is 53.5 Å². The van der Waals surface area contributed by atoms with Crippen molar-refractivity contribution in [3.05, 3.63) is 57.3 Å². The molecule has 9 nitrogen and oxygen atoms in total. The zero-order chi connectivity index (χ0) is 29.5. The molecule has 40 heavy (non-hydrogen) atoms. The van der Waals surface area contributed by atoms with E-state index in [-0.39, 0.29) is 47.3 Å². The monoisotopic (exact) mass is 545 g/mol. The molecule has 208 valence electrons. The maximum atomic E-state index is 13.6. The predicted octanol–water partition coefficient (Wildman–Crippen LogP) is 3.55. The molecule has 1 amide bonds. The van der Waals surface area contributed by atoms with Gasteiger partial charge in [-0.15, -0.1) is 5.92 Å². The molecule has 1 aliphatic heterocycles. The van der Waals surface area contributed by atoms with Crippen molar-refractivity contribution in [2.24, 2.45) is 5.92 Å². The van der Waals surface area contributed by atoms with Gasteiger partial charge >= 0.3 is 0 Å². The summed E-state index contributed by atoms with van der Waals surface area (Å²) in [5.41, 5.74) is 2.00. The zero-order valence-corrected chi connectivity index (χ0v) is 23.5. The van der Waals surface area contributed by atoms with Crippen LogP contribution in [0, 0.1) is 38.5 Å². The number of hydrogen-bond acceptors (Lipinski definition) is 8. The standard InChI is InChI=1S/C31H31NO8/c1-8-9-10-39-22-11-15(2)19(16(3)17(22)4)14-32-30(37)26-23(38-7)12-21(35)27-28(26)40-24-13-20(34)25(18(5)33)29(36)31(24,27)6/h11-13,25,35H,10,14H2,1-7H3,(H,32,37)/t25?,31-/m1/s1. The second-order valence-electron chi connectivity index (χ2n) is 10.0. The van der Waals surface area contributed by atoms with E-state index in [0.717, 1.165) is 35.3 Å². The Balaban J connectivity index is 1.73. The minimum atomic E-state index is -1.63. The molecule has 1 unspecified atom stereocenters. The summed E-state index contributed by atoms with van der Waals surface area (Å²) in [7, 11) is 1.33. The van der Waals surface area contributed by atoms with Gasteiger partial charge in [-0.05, 0) is 69.9 Å². The minimum Gasteiger partial charge on any atom is -0.507 e. The number of ether oxygens (including phenoxy) is 3. The fraction of sp³-hybridized carbons (Fsp3) is 0.355. The maximum Gasteiger partial charge on any atom is 0.259 e. The second-order valence-corrected chi connectivity index (χ2v) is 10.0. The average molecular weight is 546 g/mol. The van der Waals surface area contributed by atoms with E-state index in [0.29, 0.717) is 5.75 Å². The number of aromatic hydroxyl groups is 1. The van der Waals surface area contributed by atoms with Crippen LogP contribution in [0.2, 0.25) is 0 Å². The zero-order valence-electron chi connectivity index (χ0n) is 23.5. The van der Waals surface area contributed by atoms with Crippen LogP contribution in [0.25, 0.3) is 0 Å². The third kappa shape index (κ3) is 4.39. The molecule has 0 fully saturated rings. The van der Waals surface area contributed by atoms with E-state index in [1.165, 1.54) is 20.1 Å². The van der Waals surface area contributed by atoms with Crippen molar-refractivity contribution in [3.8, 4) is 34.8 Å². The Hall–Kier alpha value is -4.58. The number of Topliss-reactive ketones (excluding diaryl/α,β-unsaturated/α-hetero) is 2. The van der Waals surface area contributed by atoms with Crippen LogP contribution in [-0.4, -0.2) is 42.1 Å². The van der Waals surface area contributed by atoms with Crippen molar-refractivity contribution < 1.29 is 38.5 Å². The quantitative estimate of drug-likeness (QED) is 0.399. The number of allylic oxidation sites excluding steroid dienone is 2. The van der Waals surface area contributed by atoms with Crippen LogP contribution in [-0.2, 0) is 26.3 Å². The molecule has 4 rings (SSSR count). The summed E-state index contributed by atoms with van der Waals surface area (Å²) >= 11 is 0. The van der Waals surface area contributed by atoms with Crippen LogP contribution in [0.15, 0.2) is 24.0 Å². The number of ketones is 3. The highest BCUT2D eigenvalue weighted by molar-refractivity contribution is 6.27. The van der Waals surface area contributed by atoms with Crippen molar-refractivity contribution >= 4 is 23.3 Å². The van der Waals surface area contributed by atoms with Gasteiger partial charge in [0.05, 0.1) is 12.7 Å². The largest absolute Gasteiger partial charge is 0.507 e. The normalized spacial score (nSPS) is 19.0. The second kappa shape index (κ2) is 10.5. The van der Waals surface area contributed by atoms with Gasteiger partial charge in [0, 0.05) is 18.7 Å². The molecule has 1 aliphatic carbocycles. The lowest BCUT2D eigenvalue weighted by molar-refractivity contribution is -0.140. The number of benzene rings is 2. The van der Waals surface area contributed by atoms with Gasteiger partial charge in [-0.25, -0.2) is 0 Å². The highest BCUT2D eigenvalue weighted by Crippen LogP contribution is 2.56. The first-order valence-electron chi connectivity index (χ1n) is 12.7. The Kier molecular flexibility index (Phi) is 7.48. The smallest absolute Gasteiger partial charge is 0.259 e. The Morgan fingerprint density at radius 3 is 2.48 bits per heavy atom. The molecule has 0 saturated heterocycles. The number of fused-ring (bicyclic) bond motifs is 3. The molecule has 2 aromatic rings. The molecule has 2 N–H and O–H groups in total. The number of rotatable bonds is 7. The maximum absolute atomic E-state index is 13.6. The van der Waals surface area contributed by atoms with Crippen LogP contribution in [0.4, 0.5) is 0 Å². The molecule has 9 heteroatoms. The summed E-state index contributed by atoms with van der Waals surface area (Å²) in [6.07, 6.45) is 1.09. The fourth-order valence-electron chi connectivity index (χ4n) is 5.32. The average Bonchev–Trinajstić information content (AvgIpc) is 3.19. The number of carbonyl (C=O) groups is 4. The molecule has 0 bridgehead atoms. The lowest BCUT2D eigenvalue weighted by atomic mass is 9.67. The van der Waals surface area contributed by atoms with E-state index in [4.69, 9.17) is 14.2 Å². The van der Waals surface area contributed by atoms with Gasteiger partial charge in [0.1, 0.15) is 52.3 Å². The predicted molar refractivity (Wildman–Crippen MR) is 146 cm³/mol. The topological polar surface area (TPSA) is 128 Å². The minimum absolute atomic E-state index is 0.00772. The summed E-state index contributed by atoms with van der Waals surface area (Å²) in [4.78, 5) is 51.8. The fourth-order valence-corrected chi connectivity index (χ4v) is 5.32. The number of hydrogen-bond donors (Lipinski definition) is 2. The van der Waals surface area contributed by atoms with Crippen molar-refractivity contribution in [3.63, 3.8) is 0 Å². The Labute approximate surface area is 232 Å². The first-order chi connectivity index (χ1) is 18.9. The highest BCUT2D eigenvalue weighted by atomic mass is 16.5. The molecular formula is C31H31NO8. The summed E-state index contributed by atoms with van der Waals surface area (Å²) < 4.78 is 17.1. The molecule has 0 saturated carbocycles. The Bertz CT molecular complexity index is 1570. The van der Waals surface area contributed by atoms with Gasteiger partial charge < -0.3 is 24.6 Å². The SMILES string of the molecule is CC#CCOc1cc(C)c(CNC(=O)c2c(OC)cc(O)c3c2OC2=CC(=O)C(C(C)=O)C(=O)[C@]23C)c(C)c1C. The van der Waals surface area contributed by atoms with Crippen molar-refractivity contribution in [1.29, 1.82) is 0 Å². The van der Waals surface area contributed by atoms with Gasteiger partial charge in [-0.3, -0.25) is 19.2 Å². The summed E-state index contributed by atoms with van der Waals surface area (Å²) in [6, 6.07) is 3.12. The van der Waals surface area contributed by atoms with E-state index >= 15 is 0 Å². The van der Waals surface area contributed by atoms with Crippen LogP contribution in [0.3, 0.4) is 0 Å². The molecule has 2 aromatic carbocycles. The molecule has 2 aliphatic rings. The number of nitrogens with one attached hydrogen (secondary N) is 1.